The fraction of sp³-hybridized carbons (Fsp3) is 0.500. The van der Waals surface area contributed by atoms with Gasteiger partial charge in [-0.2, -0.15) is 0 Å². The maximum Gasteiger partial charge on any atom is 0.166 e. The van der Waals surface area contributed by atoms with Crippen LogP contribution in [0, 0.1) is 23.4 Å². The van der Waals surface area contributed by atoms with Gasteiger partial charge < -0.3 is 0 Å². The van der Waals surface area contributed by atoms with E-state index in [4.69, 9.17) is 0 Å². The number of unbranched alkanes of at least 4 members (excludes halogenated alkanes) is 6. The van der Waals surface area contributed by atoms with E-state index in [0.717, 1.165) is 49.1 Å². The maximum atomic E-state index is 15.2. The van der Waals surface area contributed by atoms with Crippen LogP contribution in [0.3, 0.4) is 0 Å². The van der Waals surface area contributed by atoms with Crippen molar-refractivity contribution >= 4 is 0 Å². The second-order valence-corrected chi connectivity index (χ2v) is 11.6. The number of hydrogen-bond acceptors (Lipinski definition) is 0. The molecule has 1 aliphatic carbocycles. The van der Waals surface area contributed by atoms with E-state index >= 15 is 8.78 Å². The fourth-order valence-corrected chi connectivity index (χ4v) is 6.32. The molecule has 3 heteroatoms. The lowest BCUT2D eigenvalue weighted by molar-refractivity contribution is 0.308. The van der Waals surface area contributed by atoms with Crippen LogP contribution in [0.5, 0.6) is 0 Å². The van der Waals surface area contributed by atoms with Crippen LogP contribution in [0.2, 0.25) is 0 Å². The molecule has 0 atom stereocenters. The lowest BCUT2D eigenvalue weighted by atomic mass is 9.77. The Bertz CT molecular complexity index is 1170. The van der Waals surface area contributed by atoms with Gasteiger partial charge in [0.15, 0.2) is 11.6 Å². The molecule has 0 spiro atoms. The molecule has 1 saturated carbocycles. The van der Waals surface area contributed by atoms with Gasteiger partial charge in [-0.15, -0.1) is 0 Å². The van der Waals surface area contributed by atoms with Gasteiger partial charge in [-0.05, 0) is 78.7 Å². The van der Waals surface area contributed by atoms with Gasteiger partial charge in [-0.3, -0.25) is 0 Å². The standard InChI is InChI=1S/C36H45F3/c1-3-5-6-7-8-9-10-12-30-21-24-33(36(39)35(30)38)29-19-17-28(18-20-29)32-23-22-31(25-34(32)37)27-15-13-26(11-4-2)14-16-27/h17-27H,3-16H2,1-2H3. The van der Waals surface area contributed by atoms with E-state index in [1.165, 1.54) is 51.4 Å². The number of aryl methyl sites for hydroxylation is 1. The average Bonchev–Trinajstić information content (AvgIpc) is 2.95. The molecule has 0 aliphatic heterocycles. The number of halogens is 3. The molecule has 0 bridgehead atoms. The van der Waals surface area contributed by atoms with Crippen molar-refractivity contribution in [2.75, 3.05) is 0 Å². The van der Waals surface area contributed by atoms with Crippen LogP contribution >= 0.6 is 0 Å². The minimum atomic E-state index is -0.799. The van der Waals surface area contributed by atoms with Gasteiger partial charge in [0.1, 0.15) is 5.82 Å². The lowest BCUT2D eigenvalue weighted by Crippen LogP contribution is -2.13. The highest BCUT2D eigenvalue weighted by atomic mass is 19.2. The molecule has 0 unspecified atom stereocenters. The second kappa shape index (κ2) is 14.7. The van der Waals surface area contributed by atoms with Crippen LogP contribution < -0.4 is 0 Å². The average molecular weight is 535 g/mol. The summed E-state index contributed by atoms with van der Waals surface area (Å²) in [6, 6.07) is 16.1. The van der Waals surface area contributed by atoms with E-state index in [1.54, 1.807) is 42.5 Å². The normalized spacial score (nSPS) is 17.5. The Morgan fingerprint density at radius 1 is 0.615 bits per heavy atom. The molecule has 0 amide bonds. The third-order valence-electron chi connectivity index (χ3n) is 8.73. The molecule has 0 N–H and O–H groups in total. The van der Waals surface area contributed by atoms with Crippen molar-refractivity contribution in [2.24, 2.45) is 5.92 Å². The van der Waals surface area contributed by atoms with E-state index in [-0.39, 0.29) is 11.4 Å². The van der Waals surface area contributed by atoms with E-state index in [2.05, 4.69) is 19.9 Å². The second-order valence-electron chi connectivity index (χ2n) is 11.6. The van der Waals surface area contributed by atoms with Gasteiger partial charge >= 0.3 is 0 Å². The van der Waals surface area contributed by atoms with Crippen molar-refractivity contribution in [3.05, 3.63) is 83.2 Å². The SMILES string of the molecule is CCCCCCCCCc1ccc(-c2ccc(-c3ccc(C4CCC(CCC)CC4)cc3F)cc2)c(F)c1F. The topological polar surface area (TPSA) is 0 Å². The molecule has 3 aromatic carbocycles. The van der Waals surface area contributed by atoms with E-state index in [0.29, 0.717) is 29.0 Å². The Labute approximate surface area is 234 Å². The first kappa shape index (κ1) is 29.4. The summed E-state index contributed by atoms with van der Waals surface area (Å²) in [7, 11) is 0. The molecular formula is C36H45F3. The predicted octanol–water partition coefficient (Wildman–Crippen LogP) is 11.8. The van der Waals surface area contributed by atoms with Gasteiger partial charge in [-0.25, -0.2) is 13.2 Å². The van der Waals surface area contributed by atoms with Crippen LogP contribution in [0.1, 0.15) is 114 Å². The van der Waals surface area contributed by atoms with Crippen molar-refractivity contribution in [3.8, 4) is 22.3 Å². The molecule has 0 radical (unpaired) electrons. The zero-order valence-electron chi connectivity index (χ0n) is 23.9. The highest BCUT2D eigenvalue weighted by Gasteiger charge is 2.23. The lowest BCUT2D eigenvalue weighted by Gasteiger charge is -2.28. The van der Waals surface area contributed by atoms with Crippen molar-refractivity contribution in [2.45, 2.75) is 110 Å². The molecule has 0 aromatic heterocycles. The van der Waals surface area contributed by atoms with Gasteiger partial charge in [0.25, 0.3) is 0 Å². The Hall–Kier alpha value is -2.55. The summed E-state index contributed by atoms with van der Waals surface area (Å²) in [5.41, 5.74) is 3.67. The minimum absolute atomic E-state index is 0.220. The molecule has 0 nitrogen and oxygen atoms in total. The Balaban J connectivity index is 1.38. The smallest absolute Gasteiger partial charge is 0.166 e. The molecule has 1 fully saturated rings. The summed E-state index contributed by atoms with van der Waals surface area (Å²) in [6.45, 7) is 4.45. The third kappa shape index (κ3) is 7.77. The zero-order chi connectivity index (χ0) is 27.6. The van der Waals surface area contributed by atoms with Crippen LogP contribution in [0.25, 0.3) is 22.3 Å². The molecular weight excluding hydrogens is 489 g/mol. The van der Waals surface area contributed by atoms with Crippen molar-refractivity contribution in [3.63, 3.8) is 0 Å². The molecule has 0 saturated heterocycles. The van der Waals surface area contributed by atoms with Gasteiger partial charge in [0.05, 0.1) is 0 Å². The summed E-state index contributed by atoms with van der Waals surface area (Å²) in [5, 5.41) is 0. The molecule has 39 heavy (non-hydrogen) atoms. The van der Waals surface area contributed by atoms with E-state index < -0.39 is 11.6 Å². The molecule has 1 aliphatic rings. The molecule has 210 valence electrons. The van der Waals surface area contributed by atoms with Crippen molar-refractivity contribution in [1.29, 1.82) is 0 Å². The first-order chi connectivity index (χ1) is 19.0. The summed E-state index contributed by atoms with van der Waals surface area (Å²) in [4.78, 5) is 0. The Morgan fingerprint density at radius 3 is 1.87 bits per heavy atom. The number of rotatable bonds is 13. The number of benzene rings is 3. The Morgan fingerprint density at radius 2 is 1.23 bits per heavy atom. The van der Waals surface area contributed by atoms with Crippen molar-refractivity contribution < 1.29 is 13.2 Å². The summed E-state index contributed by atoms with van der Waals surface area (Å²) in [6.07, 6.45) is 15.9. The van der Waals surface area contributed by atoms with Crippen molar-refractivity contribution in [1.82, 2.24) is 0 Å². The highest BCUT2D eigenvalue weighted by Crippen LogP contribution is 2.39. The van der Waals surface area contributed by atoms with Gasteiger partial charge in [0.2, 0.25) is 0 Å². The van der Waals surface area contributed by atoms with Gasteiger partial charge in [0, 0.05) is 11.1 Å². The summed E-state index contributed by atoms with van der Waals surface area (Å²) in [5.74, 6) is -0.493. The zero-order valence-corrected chi connectivity index (χ0v) is 23.9. The first-order valence-corrected chi connectivity index (χ1v) is 15.4. The molecule has 4 rings (SSSR count). The van der Waals surface area contributed by atoms with Gasteiger partial charge in [-0.1, -0.05) is 114 Å². The van der Waals surface area contributed by atoms with E-state index in [1.807, 2.05) is 6.07 Å². The van der Waals surface area contributed by atoms with Crippen LogP contribution in [0.15, 0.2) is 54.6 Å². The first-order valence-electron chi connectivity index (χ1n) is 15.4. The maximum absolute atomic E-state index is 15.2. The molecule has 0 heterocycles. The summed E-state index contributed by atoms with van der Waals surface area (Å²) < 4.78 is 45.0. The largest absolute Gasteiger partial charge is 0.206 e. The highest BCUT2D eigenvalue weighted by molar-refractivity contribution is 5.71. The molecule has 3 aromatic rings. The summed E-state index contributed by atoms with van der Waals surface area (Å²) >= 11 is 0. The van der Waals surface area contributed by atoms with E-state index in [9.17, 15) is 4.39 Å². The predicted molar refractivity (Wildman–Crippen MR) is 158 cm³/mol. The minimum Gasteiger partial charge on any atom is -0.206 e. The van der Waals surface area contributed by atoms with Crippen LogP contribution in [-0.2, 0) is 6.42 Å². The van der Waals surface area contributed by atoms with Crippen LogP contribution in [0.4, 0.5) is 13.2 Å². The Kier molecular flexibility index (Phi) is 11.1. The number of hydrogen-bond donors (Lipinski definition) is 0. The monoisotopic (exact) mass is 534 g/mol. The third-order valence-corrected chi connectivity index (χ3v) is 8.73. The quantitative estimate of drug-likeness (QED) is 0.191. The van der Waals surface area contributed by atoms with Crippen LogP contribution in [-0.4, -0.2) is 0 Å². The fourth-order valence-electron chi connectivity index (χ4n) is 6.32.